The third-order valence-corrected chi connectivity index (χ3v) is 8.36. The maximum absolute atomic E-state index is 13.8. The quantitative estimate of drug-likeness (QED) is 0.170. The summed E-state index contributed by atoms with van der Waals surface area (Å²) in [5, 5.41) is 5.91. The van der Waals surface area contributed by atoms with Gasteiger partial charge in [-0.2, -0.15) is 0 Å². The molecule has 244 valence electrons. The second-order valence-corrected chi connectivity index (χ2v) is 12.6. The number of fused-ring (bicyclic) bond motifs is 1. The van der Waals surface area contributed by atoms with Gasteiger partial charge in [-0.25, -0.2) is 27.7 Å². The lowest BCUT2D eigenvalue weighted by molar-refractivity contribution is 0.102. The Bertz CT molecular complexity index is 1860. The van der Waals surface area contributed by atoms with Crippen LogP contribution < -0.4 is 20.9 Å². The topological polar surface area (TPSA) is 158 Å². The van der Waals surface area contributed by atoms with E-state index in [9.17, 15) is 22.8 Å². The summed E-state index contributed by atoms with van der Waals surface area (Å²) in [7, 11) is -2.80. The van der Waals surface area contributed by atoms with Gasteiger partial charge in [0.2, 0.25) is 0 Å². The number of carbonyl (C=O) groups is 2. The molecule has 1 heterocycles. The molecule has 0 fully saturated rings. The number of urea groups is 1. The fourth-order valence-corrected chi connectivity index (χ4v) is 5.91. The van der Waals surface area contributed by atoms with Crippen molar-refractivity contribution in [3.05, 3.63) is 88.5 Å². The molecule has 0 atom stereocenters. The van der Waals surface area contributed by atoms with Crippen LogP contribution in [-0.4, -0.2) is 56.5 Å². The van der Waals surface area contributed by atoms with Gasteiger partial charge in [0, 0.05) is 30.8 Å². The third kappa shape index (κ3) is 8.70. The number of hydrogen-bond acceptors (Lipinski definition) is 8. The predicted molar refractivity (Wildman–Crippen MR) is 176 cm³/mol. The van der Waals surface area contributed by atoms with Crippen LogP contribution in [0.15, 0.2) is 76.4 Å². The van der Waals surface area contributed by atoms with Crippen LogP contribution in [0.4, 0.5) is 15.3 Å². The summed E-state index contributed by atoms with van der Waals surface area (Å²) in [5.74, 6) is 0.654. The summed E-state index contributed by atoms with van der Waals surface area (Å²) in [6, 6.07) is 18.2. The van der Waals surface area contributed by atoms with E-state index in [1.54, 1.807) is 53.1 Å². The number of nitrogens with zero attached hydrogens (tertiary/aromatic N) is 2. The zero-order chi connectivity index (χ0) is 33.3. The Morgan fingerprint density at radius 1 is 1.00 bits per heavy atom. The Balaban J connectivity index is 1.63. The largest absolute Gasteiger partial charge is 0.446 e. The first-order chi connectivity index (χ1) is 22.0. The average Bonchev–Trinajstić information content (AvgIpc) is 3.01. The van der Waals surface area contributed by atoms with Gasteiger partial charge in [-0.05, 0) is 55.7 Å². The standard InChI is InChI=1S/C33H39N5O7S/c1-5-6-11-30-36-28-17-16-25(35-32(40)34-22(2)3)20-27(28)31(39)38(30)21-23-12-14-24(15-13-23)26-9-7-8-10-29(26)46(42,43)37-33(41)45-19-18-44-4/h7-10,12-17,20,22H,5-6,11,18-19,21H2,1-4H3,(H,37,41)(H2,34,35,40). The first-order valence-corrected chi connectivity index (χ1v) is 16.5. The van der Waals surface area contributed by atoms with E-state index in [-0.39, 0.29) is 42.3 Å². The molecule has 1 aromatic heterocycles. The van der Waals surface area contributed by atoms with Crippen molar-refractivity contribution in [3.8, 4) is 11.1 Å². The molecule has 12 nitrogen and oxygen atoms in total. The molecule has 4 aromatic rings. The van der Waals surface area contributed by atoms with Crippen LogP contribution in [0.5, 0.6) is 0 Å². The number of benzene rings is 3. The number of unbranched alkanes of at least 4 members (excludes halogenated alkanes) is 1. The van der Waals surface area contributed by atoms with E-state index in [4.69, 9.17) is 14.5 Å². The zero-order valence-electron chi connectivity index (χ0n) is 26.3. The lowest BCUT2D eigenvalue weighted by Gasteiger charge is -2.15. The van der Waals surface area contributed by atoms with Crippen LogP contribution in [0.2, 0.25) is 0 Å². The minimum Gasteiger partial charge on any atom is -0.446 e. The highest BCUT2D eigenvalue weighted by Crippen LogP contribution is 2.28. The van der Waals surface area contributed by atoms with E-state index in [1.165, 1.54) is 13.2 Å². The number of amides is 3. The van der Waals surface area contributed by atoms with Crippen LogP contribution >= 0.6 is 0 Å². The van der Waals surface area contributed by atoms with E-state index >= 15 is 0 Å². The molecule has 0 aliphatic carbocycles. The number of ether oxygens (including phenoxy) is 2. The number of hydrogen-bond donors (Lipinski definition) is 3. The lowest BCUT2D eigenvalue weighted by Crippen LogP contribution is -2.34. The van der Waals surface area contributed by atoms with Crippen molar-refractivity contribution in [1.82, 2.24) is 19.6 Å². The summed E-state index contributed by atoms with van der Waals surface area (Å²) in [6.45, 7) is 6.06. The molecule has 0 bridgehead atoms. The number of aromatic nitrogens is 2. The fourth-order valence-electron chi connectivity index (χ4n) is 4.79. The number of anilines is 1. The van der Waals surface area contributed by atoms with Gasteiger partial charge in [-0.15, -0.1) is 0 Å². The first-order valence-electron chi connectivity index (χ1n) is 15.0. The first kappa shape index (κ1) is 34.1. The molecule has 3 aromatic carbocycles. The smallest absolute Gasteiger partial charge is 0.421 e. The SMILES string of the molecule is CCCCc1nc2ccc(NC(=O)NC(C)C)cc2c(=O)n1Cc1ccc(-c2ccccc2S(=O)(=O)NC(=O)OCCOC)cc1. The van der Waals surface area contributed by atoms with Crippen LogP contribution in [0.25, 0.3) is 22.0 Å². The van der Waals surface area contributed by atoms with Crippen molar-refractivity contribution < 1.29 is 27.5 Å². The molecule has 4 rings (SSSR count). The van der Waals surface area contributed by atoms with E-state index in [1.807, 2.05) is 30.7 Å². The molecule has 0 saturated heterocycles. The van der Waals surface area contributed by atoms with Gasteiger partial charge in [0.15, 0.2) is 0 Å². The van der Waals surface area contributed by atoms with Gasteiger partial charge in [-0.1, -0.05) is 55.8 Å². The third-order valence-electron chi connectivity index (χ3n) is 6.99. The number of methoxy groups -OCH3 is 1. The number of aryl methyl sites for hydroxylation is 1. The van der Waals surface area contributed by atoms with Crippen molar-refractivity contribution in [1.29, 1.82) is 0 Å². The number of carbonyl (C=O) groups excluding carboxylic acids is 2. The summed E-state index contributed by atoms with van der Waals surface area (Å²) in [4.78, 5) is 42.8. The van der Waals surface area contributed by atoms with Crippen molar-refractivity contribution >= 4 is 38.7 Å². The van der Waals surface area contributed by atoms with E-state index in [0.29, 0.717) is 40.0 Å². The van der Waals surface area contributed by atoms with Gasteiger partial charge >= 0.3 is 12.1 Å². The maximum Gasteiger partial charge on any atom is 0.421 e. The molecular formula is C33H39N5O7S. The Morgan fingerprint density at radius 3 is 2.43 bits per heavy atom. The predicted octanol–water partition coefficient (Wildman–Crippen LogP) is 5.05. The Kier molecular flexibility index (Phi) is 11.5. The van der Waals surface area contributed by atoms with Crippen LogP contribution in [0.1, 0.15) is 45.0 Å². The highest BCUT2D eigenvalue weighted by Gasteiger charge is 2.22. The fraction of sp³-hybridized carbons (Fsp3) is 0.333. The highest BCUT2D eigenvalue weighted by atomic mass is 32.2. The molecule has 0 saturated carbocycles. The molecule has 3 amide bonds. The molecule has 0 unspecified atom stereocenters. The van der Waals surface area contributed by atoms with Gasteiger partial charge in [0.25, 0.3) is 15.6 Å². The molecule has 0 aliphatic rings. The summed E-state index contributed by atoms with van der Waals surface area (Å²) >= 11 is 0. The molecule has 46 heavy (non-hydrogen) atoms. The Morgan fingerprint density at radius 2 is 1.74 bits per heavy atom. The van der Waals surface area contributed by atoms with Crippen LogP contribution in [0, 0.1) is 0 Å². The molecule has 13 heteroatoms. The summed E-state index contributed by atoms with van der Waals surface area (Å²) < 4.78 is 39.4. The zero-order valence-corrected chi connectivity index (χ0v) is 27.1. The Hall–Kier alpha value is -4.75. The Labute approximate surface area is 268 Å². The van der Waals surface area contributed by atoms with E-state index in [2.05, 4.69) is 17.6 Å². The van der Waals surface area contributed by atoms with Crippen molar-refractivity contribution in [2.45, 2.75) is 57.5 Å². The molecular weight excluding hydrogens is 610 g/mol. The van der Waals surface area contributed by atoms with Gasteiger partial charge in [-0.3, -0.25) is 9.36 Å². The summed E-state index contributed by atoms with van der Waals surface area (Å²) in [5.41, 5.74) is 2.59. The minimum absolute atomic E-state index is 0.0450. The summed E-state index contributed by atoms with van der Waals surface area (Å²) in [6.07, 6.45) is 1.30. The highest BCUT2D eigenvalue weighted by molar-refractivity contribution is 7.90. The second kappa shape index (κ2) is 15.5. The van der Waals surface area contributed by atoms with Crippen molar-refractivity contribution in [2.75, 3.05) is 25.6 Å². The monoisotopic (exact) mass is 649 g/mol. The molecule has 3 N–H and O–H groups in total. The van der Waals surface area contributed by atoms with Crippen LogP contribution in [0.3, 0.4) is 0 Å². The van der Waals surface area contributed by atoms with Crippen LogP contribution in [-0.2, 0) is 32.5 Å². The van der Waals surface area contributed by atoms with Gasteiger partial charge < -0.3 is 20.1 Å². The maximum atomic E-state index is 13.8. The van der Waals surface area contributed by atoms with Crippen molar-refractivity contribution in [2.24, 2.45) is 0 Å². The molecule has 0 spiro atoms. The van der Waals surface area contributed by atoms with Crippen molar-refractivity contribution in [3.63, 3.8) is 0 Å². The molecule has 0 radical (unpaired) electrons. The lowest BCUT2D eigenvalue weighted by atomic mass is 10.0. The number of nitrogens with one attached hydrogen (secondary N) is 3. The second-order valence-electron chi connectivity index (χ2n) is 10.9. The van der Waals surface area contributed by atoms with E-state index in [0.717, 1.165) is 18.4 Å². The van der Waals surface area contributed by atoms with E-state index < -0.39 is 16.1 Å². The van der Waals surface area contributed by atoms with Gasteiger partial charge in [0.05, 0.1) is 29.0 Å². The molecule has 0 aliphatic heterocycles. The van der Waals surface area contributed by atoms with Gasteiger partial charge in [0.1, 0.15) is 12.4 Å². The average molecular weight is 650 g/mol. The number of rotatable bonds is 13. The minimum atomic E-state index is -4.24. The normalized spacial score (nSPS) is 11.4. The number of sulfonamides is 1.